The van der Waals surface area contributed by atoms with E-state index in [4.69, 9.17) is 5.26 Å². The lowest BCUT2D eigenvalue weighted by Crippen LogP contribution is -2.29. The number of hydrogen-bond donors (Lipinski definition) is 1. The van der Waals surface area contributed by atoms with Crippen LogP contribution in [0.1, 0.15) is 17.0 Å². The van der Waals surface area contributed by atoms with E-state index < -0.39 is 12.1 Å². The normalized spacial score (nSPS) is 13.2. The summed E-state index contributed by atoms with van der Waals surface area (Å²) in [6.07, 6.45) is -4.28. The lowest BCUT2D eigenvalue weighted by atomic mass is 9.97. The van der Waals surface area contributed by atoms with Gasteiger partial charge in [0, 0.05) is 6.54 Å². The van der Waals surface area contributed by atoms with Crippen LogP contribution in [-0.2, 0) is 0 Å². The number of nitriles is 1. The number of benzene rings is 1. The minimum Gasteiger partial charge on any atom is -0.319 e. The average Bonchev–Trinajstić information content (AvgIpc) is 2.25. The van der Waals surface area contributed by atoms with Crippen LogP contribution in [-0.4, -0.2) is 19.8 Å². The SMILES string of the molecule is CNCC(c1ccc(C#N)cc1)C(F)(F)F. The van der Waals surface area contributed by atoms with E-state index in [1.165, 1.54) is 31.3 Å². The molecular formula is C11H11F3N2. The Labute approximate surface area is 91.7 Å². The zero-order valence-electron chi connectivity index (χ0n) is 8.67. The Morgan fingerprint density at radius 2 is 1.88 bits per heavy atom. The summed E-state index contributed by atoms with van der Waals surface area (Å²) in [7, 11) is 1.47. The topological polar surface area (TPSA) is 35.8 Å². The molecule has 0 aliphatic heterocycles. The van der Waals surface area contributed by atoms with E-state index in [1.54, 1.807) is 0 Å². The maximum Gasteiger partial charge on any atom is 0.396 e. The van der Waals surface area contributed by atoms with Crippen LogP contribution in [0.4, 0.5) is 13.2 Å². The van der Waals surface area contributed by atoms with Crippen LogP contribution in [0.2, 0.25) is 0 Å². The summed E-state index contributed by atoms with van der Waals surface area (Å²) in [6.45, 7) is -0.171. The standard InChI is InChI=1S/C11H11F3N2/c1-16-7-10(11(12,13)14)9-4-2-8(6-15)3-5-9/h2-5,10,16H,7H2,1H3. The smallest absolute Gasteiger partial charge is 0.319 e. The minimum atomic E-state index is -4.28. The van der Waals surface area contributed by atoms with Crippen molar-refractivity contribution in [3.63, 3.8) is 0 Å². The highest BCUT2D eigenvalue weighted by atomic mass is 19.4. The van der Waals surface area contributed by atoms with Gasteiger partial charge in [-0.25, -0.2) is 0 Å². The molecule has 1 N–H and O–H groups in total. The second kappa shape index (κ2) is 4.99. The van der Waals surface area contributed by atoms with Gasteiger partial charge in [-0.1, -0.05) is 12.1 Å². The largest absolute Gasteiger partial charge is 0.396 e. The summed E-state index contributed by atoms with van der Waals surface area (Å²) in [5.41, 5.74) is 0.523. The maximum absolute atomic E-state index is 12.7. The van der Waals surface area contributed by atoms with Gasteiger partial charge in [0.2, 0.25) is 0 Å². The molecule has 0 bridgehead atoms. The van der Waals surface area contributed by atoms with Crippen molar-refractivity contribution in [3.8, 4) is 6.07 Å². The van der Waals surface area contributed by atoms with Crippen molar-refractivity contribution in [2.75, 3.05) is 13.6 Å². The molecule has 0 radical (unpaired) electrons. The molecular weight excluding hydrogens is 217 g/mol. The van der Waals surface area contributed by atoms with Crippen molar-refractivity contribution in [1.29, 1.82) is 5.26 Å². The molecule has 0 aliphatic carbocycles. The molecule has 1 rings (SSSR count). The molecule has 1 aromatic carbocycles. The first-order valence-corrected chi connectivity index (χ1v) is 4.70. The fourth-order valence-electron chi connectivity index (χ4n) is 1.42. The molecule has 0 spiro atoms. The predicted octanol–water partition coefficient (Wildman–Crippen LogP) is 2.42. The third-order valence-corrected chi connectivity index (χ3v) is 2.25. The number of rotatable bonds is 3. The fourth-order valence-corrected chi connectivity index (χ4v) is 1.42. The van der Waals surface area contributed by atoms with E-state index in [-0.39, 0.29) is 12.1 Å². The highest BCUT2D eigenvalue weighted by Crippen LogP contribution is 2.34. The summed E-state index contributed by atoms with van der Waals surface area (Å²) >= 11 is 0. The molecule has 1 unspecified atom stereocenters. The zero-order chi connectivity index (χ0) is 12.2. The van der Waals surface area contributed by atoms with Gasteiger partial charge in [-0.15, -0.1) is 0 Å². The van der Waals surface area contributed by atoms with Gasteiger partial charge in [-0.3, -0.25) is 0 Å². The Kier molecular flexibility index (Phi) is 3.91. The monoisotopic (exact) mass is 228 g/mol. The van der Waals surface area contributed by atoms with Gasteiger partial charge in [0.1, 0.15) is 0 Å². The van der Waals surface area contributed by atoms with E-state index >= 15 is 0 Å². The lowest BCUT2D eigenvalue weighted by Gasteiger charge is -2.20. The van der Waals surface area contributed by atoms with Crippen LogP contribution in [0.25, 0.3) is 0 Å². The van der Waals surface area contributed by atoms with Crippen LogP contribution >= 0.6 is 0 Å². The number of hydrogen-bond acceptors (Lipinski definition) is 2. The highest BCUT2D eigenvalue weighted by molar-refractivity contribution is 5.33. The van der Waals surface area contributed by atoms with Gasteiger partial charge in [0.05, 0.1) is 17.6 Å². The van der Waals surface area contributed by atoms with E-state index in [1.807, 2.05) is 6.07 Å². The van der Waals surface area contributed by atoms with Gasteiger partial charge in [-0.05, 0) is 24.7 Å². The van der Waals surface area contributed by atoms with Gasteiger partial charge >= 0.3 is 6.18 Å². The Hall–Kier alpha value is -1.54. The van der Waals surface area contributed by atoms with Crippen molar-refractivity contribution in [2.24, 2.45) is 0 Å². The lowest BCUT2D eigenvalue weighted by molar-refractivity contribution is -0.149. The molecule has 5 heteroatoms. The molecule has 86 valence electrons. The molecule has 0 saturated carbocycles. The Bertz CT molecular complexity index is 376. The molecule has 0 aliphatic rings. The Morgan fingerprint density at radius 1 is 1.31 bits per heavy atom. The van der Waals surface area contributed by atoms with E-state index in [2.05, 4.69) is 5.32 Å². The van der Waals surface area contributed by atoms with Gasteiger partial charge in [0.15, 0.2) is 0 Å². The first kappa shape index (κ1) is 12.5. The van der Waals surface area contributed by atoms with E-state index in [9.17, 15) is 13.2 Å². The fraction of sp³-hybridized carbons (Fsp3) is 0.364. The molecule has 0 amide bonds. The summed E-state index contributed by atoms with van der Waals surface area (Å²) in [6, 6.07) is 7.33. The summed E-state index contributed by atoms with van der Waals surface area (Å²) < 4.78 is 38.0. The molecule has 16 heavy (non-hydrogen) atoms. The van der Waals surface area contributed by atoms with Gasteiger partial charge in [0.25, 0.3) is 0 Å². The van der Waals surface area contributed by atoms with Crippen LogP contribution in [0, 0.1) is 11.3 Å². The molecule has 1 atom stereocenters. The second-order valence-corrected chi connectivity index (χ2v) is 3.39. The van der Waals surface area contributed by atoms with Crippen molar-refractivity contribution in [1.82, 2.24) is 5.32 Å². The molecule has 1 aromatic rings. The average molecular weight is 228 g/mol. The van der Waals surface area contributed by atoms with E-state index in [0.29, 0.717) is 5.56 Å². The summed E-state index contributed by atoms with van der Waals surface area (Å²) in [5, 5.41) is 11.1. The Balaban J connectivity index is 2.98. The maximum atomic E-state index is 12.7. The van der Waals surface area contributed by atoms with Crippen LogP contribution in [0.3, 0.4) is 0 Å². The van der Waals surface area contributed by atoms with E-state index in [0.717, 1.165) is 0 Å². The Morgan fingerprint density at radius 3 is 2.25 bits per heavy atom. The first-order valence-electron chi connectivity index (χ1n) is 4.70. The van der Waals surface area contributed by atoms with Crippen LogP contribution in [0.5, 0.6) is 0 Å². The van der Waals surface area contributed by atoms with Crippen molar-refractivity contribution >= 4 is 0 Å². The second-order valence-electron chi connectivity index (χ2n) is 3.39. The third kappa shape index (κ3) is 2.97. The van der Waals surface area contributed by atoms with Gasteiger partial charge in [-0.2, -0.15) is 18.4 Å². The molecule has 0 aromatic heterocycles. The number of halogens is 3. The molecule has 0 fully saturated rings. The first-order chi connectivity index (χ1) is 7.49. The van der Waals surface area contributed by atoms with Crippen molar-refractivity contribution in [3.05, 3.63) is 35.4 Å². The number of likely N-dealkylation sites (N-methyl/N-ethyl adjacent to an activating group) is 1. The minimum absolute atomic E-state index is 0.167. The summed E-state index contributed by atoms with van der Waals surface area (Å²) in [4.78, 5) is 0. The number of nitrogens with zero attached hydrogens (tertiary/aromatic N) is 1. The predicted molar refractivity (Wildman–Crippen MR) is 53.9 cm³/mol. The molecule has 2 nitrogen and oxygen atoms in total. The van der Waals surface area contributed by atoms with Crippen molar-refractivity contribution < 1.29 is 13.2 Å². The summed E-state index contributed by atoms with van der Waals surface area (Å²) in [5.74, 6) is -1.54. The highest BCUT2D eigenvalue weighted by Gasteiger charge is 2.39. The van der Waals surface area contributed by atoms with Crippen LogP contribution in [0.15, 0.2) is 24.3 Å². The zero-order valence-corrected chi connectivity index (χ0v) is 8.67. The number of nitrogens with one attached hydrogen (secondary N) is 1. The quantitative estimate of drug-likeness (QED) is 0.862. The van der Waals surface area contributed by atoms with Crippen molar-refractivity contribution in [2.45, 2.75) is 12.1 Å². The van der Waals surface area contributed by atoms with Crippen LogP contribution < -0.4 is 5.32 Å². The van der Waals surface area contributed by atoms with Gasteiger partial charge < -0.3 is 5.32 Å². The third-order valence-electron chi connectivity index (χ3n) is 2.25. The number of alkyl halides is 3. The molecule has 0 saturated heterocycles. The molecule has 0 heterocycles.